The number of pyridine rings is 1. The van der Waals surface area contributed by atoms with Gasteiger partial charge in [0, 0.05) is 30.9 Å². The molecule has 9 heteroatoms. The maximum Gasteiger partial charge on any atom is 0.269 e. The van der Waals surface area contributed by atoms with Crippen molar-refractivity contribution in [1.82, 2.24) is 20.7 Å². The Balaban J connectivity index is 1.45. The van der Waals surface area contributed by atoms with Gasteiger partial charge in [-0.25, -0.2) is 0 Å². The number of amides is 3. The van der Waals surface area contributed by atoms with Gasteiger partial charge in [-0.3, -0.25) is 35.1 Å². The van der Waals surface area contributed by atoms with Gasteiger partial charge in [0.25, 0.3) is 11.8 Å². The van der Waals surface area contributed by atoms with Crippen molar-refractivity contribution >= 4 is 52.1 Å². The summed E-state index contributed by atoms with van der Waals surface area (Å²) in [6, 6.07) is 11.0. The van der Waals surface area contributed by atoms with E-state index in [1.165, 1.54) is 29.1 Å². The van der Waals surface area contributed by atoms with Gasteiger partial charge in [0.05, 0.1) is 4.91 Å². The Kier molecular flexibility index (Phi) is 7.31. The molecule has 1 aromatic carbocycles. The first-order chi connectivity index (χ1) is 14.4. The number of thiocarbonyl (C=S) groups is 1. The molecule has 0 radical (unpaired) electrons. The highest BCUT2D eigenvalue weighted by Gasteiger charge is 2.31. The van der Waals surface area contributed by atoms with Gasteiger partial charge in [0.15, 0.2) is 0 Å². The highest BCUT2D eigenvalue weighted by molar-refractivity contribution is 8.26. The first-order valence-electron chi connectivity index (χ1n) is 9.25. The molecule has 154 valence electrons. The average Bonchev–Trinajstić information content (AvgIpc) is 3.01. The highest BCUT2D eigenvalue weighted by atomic mass is 32.2. The summed E-state index contributed by atoms with van der Waals surface area (Å²) >= 11 is 6.57. The van der Waals surface area contributed by atoms with E-state index in [1.807, 2.05) is 37.3 Å². The van der Waals surface area contributed by atoms with Crippen molar-refractivity contribution < 1.29 is 14.4 Å². The van der Waals surface area contributed by atoms with Crippen molar-refractivity contribution in [1.29, 1.82) is 0 Å². The summed E-state index contributed by atoms with van der Waals surface area (Å²) in [6.45, 7) is 2.34. The number of aryl methyl sites for hydroxylation is 1. The van der Waals surface area contributed by atoms with E-state index in [-0.39, 0.29) is 18.2 Å². The van der Waals surface area contributed by atoms with Crippen LogP contribution in [0.25, 0.3) is 6.08 Å². The van der Waals surface area contributed by atoms with Crippen LogP contribution in [0.5, 0.6) is 0 Å². The SMILES string of the molecule is Cc1ccc(/C=C2\SC(=S)N(CCCC(=O)NNC(=O)c3ccncc3)C2=O)cc1. The number of carbonyl (C=O) groups excluding carboxylic acids is 3. The van der Waals surface area contributed by atoms with Crippen LogP contribution in [0.15, 0.2) is 53.7 Å². The van der Waals surface area contributed by atoms with Gasteiger partial charge in [-0.05, 0) is 37.1 Å². The largest absolute Gasteiger partial charge is 0.293 e. The number of rotatable bonds is 6. The van der Waals surface area contributed by atoms with Crippen molar-refractivity contribution in [3.05, 3.63) is 70.4 Å². The van der Waals surface area contributed by atoms with Crippen LogP contribution in [0.4, 0.5) is 0 Å². The molecule has 0 spiro atoms. The molecule has 0 saturated carbocycles. The van der Waals surface area contributed by atoms with Crippen LogP contribution in [0.2, 0.25) is 0 Å². The number of carbonyl (C=O) groups is 3. The molecule has 1 aliphatic heterocycles. The van der Waals surface area contributed by atoms with E-state index in [2.05, 4.69) is 15.8 Å². The number of thioether (sulfide) groups is 1. The van der Waals surface area contributed by atoms with Crippen LogP contribution < -0.4 is 10.9 Å². The van der Waals surface area contributed by atoms with Crippen molar-refractivity contribution in [2.24, 2.45) is 0 Å². The predicted molar refractivity (Wildman–Crippen MR) is 120 cm³/mol. The lowest BCUT2D eigenvalue weighted by Gasteiger charge is -2.14. The van der Waals surface area contributed by atoms with Gasteiger partial charge in [-0.15, -0.1) is 0 Å². The average molecular weight is 441 g/mol. The van der Waals surface area contributed by atoms with Gasteiger partial charge < -0.3 is 0 Å². The number of nitrogens with zero attached hydrogens (tertiary/aromatic N) is 2. The van der Waals surface area contributed by atoms with E-state index in [1.54, 1.807) is 12.1 Å². The monoisotopic (exact) mass is 440 g/mol. The number of nitrogens with one attached hydrogen (secondary N) is 2. The second-order valence-electron chi connectivity index (χ2n) is 6.59. The van der Waals surface area contributed by atoms with Crippen LogP contribution >= 0.6 is 24.0 Å². The lowest BCUT2D eigenvalue weighted by molar-refractivity contribution is -0.124. The zero-order valence-electron chi connectivity index (χ0n) is 16.3. The molecular formula is C21H20N4O3S2. The third-order valence-corrected chi connectivity index (χ3v) is 5.67. The Bertz CT molecular complexity index is 991. The van der Waals surface area contributed by atoms with E-state index in [0.29, 0.717) is 27.8 Å². The third kappa shape index (κ3) is 5.74. The Morgan fingerprint density at radius 1 is 1.13 bits per heavy atom. The fraction of sp³-hybridized carbons (Fsp3) is 0.190. The van der Waals surface area contributed by atoms with E-state index in [4.69, 9.17) is 12.2 Å². The molecular weight excluding hydrogens is 420 g/mol. The molecule has 1 fully saturated rings. The second-order valence-corrected chi connectivity index (χ2v) is 8.26. The molecule has 3 rings (SSSR count). The zero-order valence-corrected chi connectivity index (χ0v) is 17.9. The first kappa shape index (κ1) is 21.7. The van der Waals surface area contributed by atoms with E-state index in [0.717, 1.165) is 11.1 Å². The van der Waals surface area contributed by atoms with Gasteiger partial charge >= 0.3 is 0 Å². The maximum absolute atomic E-state index is 12.6. The number of hydrazine groups is 1. The lowest BCUT2D eigenvalue weighted by Crippen LogP contribution is -2.41. The van der Waals surface area contributed by atoms with Crippen LogP contribution in [0.3, 0.4) is 0 Å². The summed E-state index contributed by atoms with van der Waals surface area (Å²) in [5, 5.41) is 0. The normalized spacial score (nSPS) is 14.8. The summed E-state index contributed by atoms with van der Waals surface area (Å²) in [5.74, 6) is -0.932. The first-order valence-corrected chi connectivity index (χ1v) is 10.5. The Morgan fingerprint density at radius 3 is 2.53 bits per heavy atom. The summed E-state index contributed by atoms with van der Waals surface area (Å²) in [4.78, 5) is 42.4. The second kappa shape index (κ2) is 10.1. The van der Waals surface area contributed by atoms with Crippen molar-refractivity contribution in [3.8, 4) is 0 Å². The number of hydrogen-bond donors (Lipinski definition) is 2. The Labute approximate surface area is 183 Å². The summed E-state index contributed by atoms with van der Waals surface area (Å²) in [6.07, 6.45) is 5.37. The zero-order chi connectivity index (χ0) is 21.5. The molecule has 0 atom stereocenters. The Morgan fingerprint density at radius 2 is 1.83 bits per heavy atom. The molecule has 2 aromatic rings. The lowest BCUT2D eigenvalue weighted by atomic mass is 10.1. The van der Waals surface area contributed by atoms with E-state index in [9.17, 15) is 14.4 Å². The smallest absolute Gasteiger partial charge is 0.269 e. The minimum atomic E-state index is -0.427. The van der Waals surface area contributed by atoms with E-state index < -0.39 is 5.91 Å². The molecule has 3 amide bonds. The van der Waals surface area contributed by atoms with Crippen molar-refractivity contribution in [2.45, 2.75) is 19.8 Å². The number of hydrogen-bond acceptors (Lipinski definition) is 6. The molecule has 1 aromatic heterocycles. The van der Waals surface area contributed by atoms with Gasteiger partial charge in [-0.2, -0.15) is 0 Å². The molecule has 7 nitrogen and oxygen atoms in total. The molecule has 1 saturated heterocycles. The van der Waals surface area contributed by atoms with Crippen LogP contribution in [-0.2, 0) is 9.59 Å². The summed E-state index contributed by atoms with van der Waals surface area (Å²) < 4.78 is 0.477. The van der Waals surface area contributed by atoms with Gasteiger partial charge in [0.2, 0.25) is 5.91 Å². The Hall–Kier alpha value is -3.04. The van der Waals surface area contributed by atoms with Crippen molar-refractivity contribution in [3.63, 3.8) is 0 Å². The topological polar surface area (TPSA) is 91.4 Å². The maximum atomic E-state index is 12.6. The standard InChI is InChI=1S/C21H20N4O3S2/c1-14-4-6-15(7-5-14)13-17-20(28)25(21(29)30-17)12-2-3-18(26)23-24-19(27)16-8-10-22-11-9-16/h4-11,13H,2-3,12H2,1H3,(H,23,26)(H,24,27)/b17-13-. The number of aromatic nitrogens is 1. The molecule has 30 heavy (non-hydrogen) atoms. The molecule has 2 heterocycles. The summed E-state index contributed by atoms with van der Waals surface area (Å²) in [5.41, 5.74) is 7.19. The van der Waals surface area contributed by atoms with Crippen LogP contribution in [-0.4, -0.2) is 38.5 Å². The predicted octanol–water partition coefficient (Wildman–Crippen LogP) is 2.83. The number of benzene rings is 1. The van der Waals surface area contributed by atoms with Crippen molar-refractivity contribution in [2.75, 3.05) is 6.54 Å². The highest BCUT2D eigenvalue weighted by Crippen LogP contribution is 2.32. The van der Waals surface area contributed by atoms with E-state index >= 15 is 0 Å². The molecule has 0 unspecified atom stereocenters. The minimum absolute atomic E-state index is 0.144. The van der Waals surface area contributed by atoms with Gasteiger partial charge in [0.1, 0.15) is 4.32 Å². The summed E-state index contributed by atoms with van der Waals surface area (Å²) in [7, 11) is 0. The van der Waals surface area contributed by atoms with Gasteiger partial charge in [-0.1, -0.05) is 53.8 Å². The molecule has 2 N–H and O–H groups in total. The molecule has 0 aliphatic carbocycles. The van der Waals surface area contributed by atoms with Crippen LogP contribution in [0.1, 0.15) is 34.3 Å². The molecule has 0 bridgehead atoms. The third-order valence-electron chi connectivity index (χ3n) is 4.29. The quantitative estimate of drug-likeness (QED) is 0.408. The minimum Gasteiger partial charge on any atom is -0.293 e. The molecule has 1 aliphatic rings. The van der Waals surface area contributed by atoms with Crippen LogP contribution in [0, 0.1) is 6.92 Å². The fourth-order valence-corrected chi connectivity index (χ4v) is 3.98. The fourth-order valence-electron chi connectivity index (χ4n) is 2.67.